The van der Waals surface area contributed by atoms with Gasteiger partial charge in [-0.25, -0.2) is 0 Å². The lowest BCUT2D eigenvalue weighted by atomic mass is 9.83. The van der Waals surface area contributed by atoms with Crippen molar-refractivity contribution in [2.75, 3.05) is 46.0 Å². The average molecular weight is 1290 g/mol. The zero-order chi connectivity index (χ0) is 60.6. The fraction of sp³-hybridized carbons (Fsp3) is 0.500. The molecule has 0 atom stereocenters. The van der Waals surface area contributed by atoms with Crippen molar-refractivity contribution in [3.63, 3.8) is 0 Å². The molecule has 0 N–H and O–H groups in total. The minimum Gasteiger partial charge on any atom is -0.256 e. The number of benzene rings is 4. The van der Waals surface area contributed by atoms with Crippen LogP contribution in [0.1, 0.15) is 149 Å². The average Bonchev–Trinajstić information content (AvgIpc) is 3.73. The molecule has 1 nitrogen and oxygen atoms in total. The first-order chi connectivity index (χ1) is 37.2. The van der Waals surface area contributed by atoms with Gasteiger partial charge in [-0.15, -0.1) is 0 Å². The largest absolute Gasteiger partial charge is 0.256 e. The summed E-state index contributed by atoms with van der Waals surface area (Å²) in [7, 11) is 0. The molecule has 79 heavy (non-hydrogen) atoms. The predicted molar refractivity (Wildman–Crippen MR) is 401 cm³/mol. The summed E-state index contributed by atoms with van der Waals surface area (Å²) in [4.78, 5) is 4.52. The Labute approximate surface area is 549 Å². The van der Waals surface area contributed by atoms with Crippen molar-refractivity contribution in [3.05, 3.63) is 187 Å². The van der Waals surface area contributed by atoms with Crippen molar-refractivity contribution >= 4 is 152 Å². The first-order valence-corrected chi connectivity index (χ1v) is 34.7. The van der Waals surface area contributed by atoms with Crippen LogP contribution in [-0.2, 0) is 34.8 Å². The van der Waals surface area contributed by atoms with Crippen molar-refractivity contribution in [1.29, 1.82) is 0 Å². The third-order valence-corrected chi connectivity index (χ3v) is 21.4. The van der Waals surface area contributed by atoms with Crippen LogP contribution in [0.5, 0.6) is 0 Å². The summed E-state index contributed by atoms with van der Waals surface area (Å²) < 4.78 is 0. The maximum atomic E-state index is 4.52. The third-order valence-electron chi connectivity index (χ3n) is 16.5. The van der Waals surface area contributed by atoms with Gasteiger partial charge >= 0.3 is 0 Å². The highest BCUT2D eigenvalue weighted by Crippen LogP contribution is 2.34. The van der Waals surface area contributed by atoms with Gasteiger partial charge in [-0.2, -0.15) is 152 Å². The molecule has 1 aliphatic rings. The molecule has 13 heteroatoms. The summed E-state index contributed by atoms with van der Waals surface area (Å²) in [5, 5.41) is 0. The molecule has 1 heterocycles. The van der Waals surface area contributed by atoms with Crippen LogP contribution in [-0.4, -0.2) is 51.0 Å². The molecule has 0 saturated heterocycles. The van der Waals surface area contributed by atoms with Crippen LogP contribution in [0, 0.1) is 104 Å². The second-order valence-electron chi connectivity index (χ2n) is 21.2. The molecule has 5 aromatic rings. The quantitative estimate of drug-likeness (QED) is 0.0470. The minimum atomic E-state index is -0.0153. The Morgan fingerprint density at radius 2 is 0.722 bits per heavy atom. The molecule has 0 amide bonds. The Hall–Kier alpha value is -0.290. The molecule has 0 unspecified atom stereocenters. The number of allylic oxidation sites excluding steroid dienone is 2. The fourth-order valence-corrected chi connectivity index (χ4v) is 13.9. The lowest BCUT2D eigenvalue weighted by Gasteiger charge is -2.30. The lowest BCUT2D eigenvalue weighted by Crippen LogP contribution is -2.33. The van der Waals surface area contributed by atoms with Gasteiger partial charge < -0.3 is 0 Å². The number of aromatic nitrogens is 1. The van der Waals surface area contributed by atoms with Gasteiger partial charge in [0.05, 0.1) is 11.4 Å². The van der Waals surface area contributed by atoms with Crippen molar-refractivity contribution in [1.82, 2.24) is 4.98 Å². The van der Waals surface area contributed by atoms with E-state index in [9.17, 15) is 0 Å². The number of rotatable bonds is 15. The van der Waals surface area contributed by atoms with Crippen molar-refractivity contribution in [2.24, 2.45) is 0 Å². The standard InChI is InChI=1S/C13H20S3.C12H18S2.C11H16S2.C11H16S.C10H15NS2.C9H14S2/c1-9-4-12(5-10(2)11(9)3)13(6-14,7-15)8-16;1-8-4-11(12(6-13)7-14)5-9(2)10(8)3;1-7-8(2)10(5-12)4-11(6-13)9(7)3;1-8-6-11(4-5-12)7-9(2)10(8)3;1-6-7(2)9(4-12)11-10(5-13)8(6)3;1-6-7(2)9(5-11)3-8(6)4-10/h4-5,14-16H,6-8H2,1-3H3;4-5,12-14H,6-7H2,1-3H3;4,12-13H,5-6H2,1-3H3;6-7,12H,4-5H2,1-3H3;12-13H,4-5H2,1-3H3;10-11H,3-5H2,1-2H3. The second kappa shape index (κ2) is 38.7. The highest BCUT2D eigenvalue weighted by atomic mass is 32.1. The van der Waals surface area contributed by atoms with Crippen LogP contribution in [0.3, 0.4) is 0 Å². The number of nitrogens with zero attached hydrogens (tertiary/aromatic N) is 1. The highest BCUT2D eigenvalue weighted by Gasteiger charge is 2.28. The van der Waals surface area contributed by atoms with E-state index in [1.165, 1.54) is 134 Å². The molecule has 0 radical (unpaired) electrons. The molecular formula is C66H99NS12. The van der Waals surface area contributed by atoms with Gasteiger partial charge in [0.25, 0.3) is 0 Å². The van der Waals surface area contributed by atoms with Crippen molar-refractivity contribution in [3.8, 4) is 0 Å². The first kappa shape index (κ1) is 76.7. The Morgan fingerprint density at radius 1 is 0.380 bits per heavy atom. The van der Waals surface area contributed by atoms with E-state index in [0.717, 1.165) is 81.8 Å². The molecule has 6 rings (SSSR count). The fourth-order valence-electron chi connectivity index (χ4n) is 9.01. The summed E-state index contributed by atoms with van der Waals surface area (Å²) in [5.41, 5.74) is 35.1. The van der Waals surface area contributed by atoms with E-state index in [1.807, 2.05) is 0 Å². The first-order valence-electron chi connectivity index (χ1n) is 27.1. The molecule has 0 saturated carbocycles. The Kier molecular flexibility index (Phi) is 37.6. The third kappa shape index (κ3) is 22.2. The SMILES string of the molecule is CC1=C(CS)CC(CS)=C1C.Cc1c(CS)cc(CS)c(C)c1C.Cc1c(CS)nc(CS)c(C)c1C.Cc1cc(C(CS)(CS)CS)cc(C)c1C.Cc1cc(C(CS)CS)cc(C)c1C.Cc1cc(CCS)cc(C)c1C. The van der Waals surface area contributed by atoms with Gasteiger partial charge in [-0.05, 0) is 270 Å². The number of hydrogen-bond acceptors (Lipinski definition) is 13. The van der Waals surface area contributed by atoms with Gasteiger partial charge in [0.15, 0.2) is 0 Å². The molecule has 1 aromatic heterocycles. The van der Waals surface area contributed by atoms with E-state index in [-0.39, 0.29) is 5.41 Å². The summed E-state index contributed by atoms with van der Waals surface area (Å²) in [6.07, 6.45) is 2.18. The molecule has 0 bridgehead atoms. The molecular weight excluding hydrogens is 1190 g/mol. The Bertz CT molecular complexity index is 2580. The summed E-state index contributed by atoms with van der Waals surface area (Å²) in [6.45, 7) is 36.7. The van der Waals surface area contributed by atoms with Gasteiger partial charge in [-0.1, -0.05) is 53.6 Å². The van der Waals surface area contributed by atoms with Crippen molar-refractivity contribution in [2.45, 2.75) is 165 Å². The second-order valence-corrected chi connectivity index (χ2v) is 25.2. The smallest absolute Gasteiger partial charge is 0.0535 e. The van der Waals surface area contributed by atoms with Gasteiger partial charge in [-0.3, -0.25) is 4.98 Å². The van der Waals surface area contributed by atoms with Crippen LogP contribution in [0.25, 0.3) is 0 Å². The monoisotopic (exact) mass is 1290 g/mol. The number of thiol groups is 12. The van der Waals surface area contributed by atoms with E-state index in [2.05, 4.69) is 317 Å². The molecule has 0 fully saturated rings. The van der Waals surface area contributed by atoms with Crippen LogP contribution in [0.15, 0.2) is 64.8 Å². The van der Waals surface area contributed by atoms with E-state index >= 15 is 0 Å². The normalized spacial score (nSPS) is 12.0. The zero-order valence-corrected chi connectivity index (χ0v) is 61.6. The number of pyridine rings is 1. The molecule has 0 spiro atoms. The predicted octanol–water partition coefficient (Wildman–Crippen LogP) is 19.5. The Balaban J connectivity index is 0.000000476. The molecule has 4 aromatic carbocycles. The summed E-state index contributed by atoms with van der Waals surface area (Å²) in [5.74, 6) is 10.3. The van der Waals surface area contributed by atoms with E-state index in [1.54, 1.807) is 0 Å². The Morgan fingerprint density at radius 3 is 1.01 bits per heavy atom. The van der Waals surface area contributed by atoms with Gasteiger partial charge in [0, 0.05) is 63.1 Å². The van der Waals surface area contributed by atoms with Crippen LogP contribution >= 0.6 is 152 Å². The highest BCUT2D eigenvalue weighted by molar-refractivity contribution is 7.82. The van der Waals surface area contributed by atoms with Crippen LogP contribution in [0.4, 0.5) is 0 Å². The molecule has 1 aliphatic carbocycles. The maximum absolute atomic E-state index is 4.52. The number of hydrogen-bond donors (Lipinski definition) is 12. The van der Waals surface area contributed by atoms with Crippen molar-refractivity contribution < 1.29 is 0 Å². The van der Waals surface area contributed by atoms with E-state index < -0.39 is 0 Å². The van der Waals surface area contributed by atoms with Crippen LogP contribution < -0.4 is 0 Å². The number of aryl methyl sites for hydroxylation is 7. The van der Waals surface area contributed by atoms with Gasteiger partial charge in [0.2, 0.25) is 0 Å². The molecule has 0 aliphatic heterocycles. The zero-order valence-electron chi connectivity index (χ0n) is 50.8. The minimum absolute atomic E-state index is 0.0153. The summed E-state index contributed by atoms with van der Waals surface area (Å²) >= 11 is 52.1. The van der Waals surface area contributed by atoms with E-state index in [0.29, 0.717) is 17.4 Å². The van der Waals surface area contributed by atoms with E-state index in [4.69, 9.17) is 0 Å². The topological polar surface area (TPSA) is 12.9 Å². The summed E-state index contributed by atoms with van der Waals surface area (Å²) in [6, 6.07) is 15.8. The van der Waals surface area contributed by atoms with Crippen LogP contribution in [0.2, 0.25) is 0 Å². The molecule has 440 valence electrons. The lowest BCUT2D eigenvalue weighted by molar-refractivity contribution is 0.630. The van der Waals surface area contributed by atoms with Gasteiger partial charge in [0.1, 0.15) is 0 Å². The maximum Gasteiger partial charge on any atom is 0.0535 e.